The summed E-state index contributed by atoms with van der Waals surface area (Å²) in [6, 6.07) is 13.9. The number of nitrogens with zero attached hydrogens (tertiary/aromatic N) is 3. The van der Waals surface area contributed by atoms with Gasteiger partial charge in [-0.05, 0) is 36.4 Å². The molecule has 0 saturated heterocycles. The normalized spacial score (nSPS) is 12.3. The summed E-state index contributed by atoms with van der Waals surface area (Å²) >= 11 is 0. The van der Waals surface area contributed by atoms with Crippen molar-refractivity contribution in [2.45, 2.75) is 12.3 Å². The third-order valence-electron chi connectivity index (χ3n) is 3.96. The molecule has 9 heteroatoms. The molecule has 6 nitrogen and oxygen atoms in total. The van der Waals surface area contributed by atoms with Crippen LogP contribution in [0.15, 0.2) is 54.7 Å². The van der Waals surface area contributed by atoms with E-state index in [9.17, 15) is 18.3 Å². The Balaban J connectivity index is 1.81. The number of nitriles is 1. The zero-order valence-electron chi connectivity index (χ0n) is 14.8. The number of pyridine rings is 2. The number of aliphatic hydroxyl groups excluding tert-OH is 2. The highest BCUT2D eigenvalue weighted by Gasteiger charge is 2.34. The molecule has 2 heterocycles. The fraction of sp³-hybridized carbons (Fsp3) is 0.150. The van der Waals surface area contributed by atoms with Gasteiger partial charge in [0.15, 0.2) is 0 Å². The Morgan fingerprint density at radius 1 is 1.14 bits per heavy atom. The first-order chi connectivity index (χ1) is 13.8. The smallest absolute Gasteiger partial charge is 0.419 e. The molecule has 0 bridgehead atoms. The summed E-state index contributed by atoms with van der Waals surface area (Å²) in [5.74, 6) is 0.157. The lowest BCUT2D eigenvalue weighted by molar-refractivity contribution is -0.138. The van der Waals surface area contributed by atoms with Crippen molar-refractivity contribution in [3.05, 3.63) is 71.5 Å². The zero-order chi connectivity index (χ0) is 21.0. The average molecular weight is 401 g/mol. The monoisotopic (exact) mass is 401 g/mol. The van der Waals surface area contributed by atoms with Crippen molar-refractivity contribution in [1.82, 2.24) is 9.97 Å². The molecule has 1 atom stereocenters. The predicted octanol–water partition coefficient (Wildman–Crippen LogP) is 3.85. The van der Waals surface area contributed by atoms with E-state index in [0.29, 0.717) is 28.9 Å². The quantitative estimate of drug-likeness (QED) is 0.674. The summed E-state index contributed by atoms with van der Waals surface area (Å²) in [6.45, 7) is -0.450. The number of ether oxygens (including phenoxy) is 1. The molecular weight excluding hydrogens is 387 g/mol. The lowest BCUT2D eigenvalue weighted by Gasteiger charge is -2.11. The molecule has 0 aliphatic carbocycles. The largest absolute Gasteiger partial charge is 0.439 e. The molecule has 0 spiro atoms. The number of aromatic nitrogens is 2. The summed E-state index contributed by atoms with van der Waals surface area (Å²) in [6.07, 6.45) is -5.20. The van der Waals surface area contributed by atoms with Crippen molar-refractivity contribution < 1.29 is 28.1 Å². The van der Waals surface area contributed by atoms with Gasteiger partial charge in [-0.15, -0.1) is 0 Å². The van der Waals surface area contributed by atoms with Gasteiger partial charge in [-0.25, -0.2) is 9.97 Å². The van der Waals surface area contributed by atoms with Crippen LogP contribution in [0.1, 0.15) is 22.9 Å². The average Bonchev–Trinajstić information content (AvgIpc) is 2.73. The molecule has 1 aromatic carbocycles. The zero-order valence-corrected chi connectivity index (χ0v) is 14.8. The Labute approximate surface area is 163 Å². The van der Waals surface area contributed by atoms with Gasteiger partial charge in [0.05, 0.1) is 29.1 Å². The van der Waals surface area contributed by atoms with Crippen LogP contribution in [-0.2, 0) is 6.18 Å². The van der Waals surface area contributed by atoms with Crippen LogP contribution in [0.5, 0.6) is 11.6 Å². The highest BCUT2D eigenvalue weighted by atomic mass is 19.4. The fourth-order valence-corrected chi connectivity index (χ4v) is 2.52. The minimum Gasteiger partial charge on any atom is -0.439 e. The second kappa shape index (κ2) is 8.26. The summed E-state index contributed by atoms with van der Waals surface area (Å²) in [5, 5.41) is 27.7. The number of halogens is 3. The van der Waals surface area contributed by atoms with Crippen molar-refractivity contribution in [1.29, 1.82) is 5.26 Å². The van der Waals surface area contributed by atoms with Crippen LogP contribution in [-0.4, -0.2) is 26.8 Å². The van der Waals surface area contributed by atoms with Crippen LogP contribution in [0, 0.1) is 11.3 Å². The number of rotatable bonds is 5. The van der Waals surface area contributed by atoms with Gasteiger partial charge in [0, 0.05) is 17.8 Å². The maximum Gasteiger partial charge on any atom is 0.419 e. The Kier molecular flexibility index (Phi) is 5.77. The van der Waals surface area contributed by atoms with Gasteiger partial charge in [0.2, 0.25) is 5.88 Å². The second-order valence-corrected chi connectivity index (χ2v) is 5.95. The van der Waals surface area contributed by atoms with Gasteiger partial charge in [0.25, 0.3) is 0 Å². The molecule has 2 N–H and O–H groups in total. The van der Waals surface area contributed by atoms with E-state index in [1.54, 1.807) is 42.5 Å². The van der Waals surface area contributed by atoms with Gasteiger partial charge in [-0.2, -0.15) is 18.4 Å². The van der Waals surface area contributed by atoms with E-state index in [0.717, 1.165) is 6.07 Å². The van der Waals surface area contributed by atoms with E-state index < -0.39 is 30.0 Å². The number of alkyl halides is 3. The Morgan fingerprint density at radius 3 is 2.48 bits per heavy atom. The van der Waals surface area contributed by atoms with E-state index in [-0.39, 0.29) is 5.88 Å². The van der Waals surface area contributed by atoms with E-state index >= 15 is 0 Å². The molecule has 0 aliphatic rings. The summed E-state index contributed by atoms with van der Waals surface area (Å²) in [7, 11) is 0. The van der Waals surface area contributed by atoms with Crippen LogP contribution in [0.2, 0.25) is 0 Å². The van der Waals surface area contributed by atoms with Gasteiger partial charge in [-0.3, -0.25) is 0 Å². The molecule has 3 rings (SSSR count). The molecule has 0 fully saturated rings. The minimum atomic E-state index is -4.68. The number of hydrogen-bond donors (Lipinski definition) is 2. The highest BCUT2D eigenvalue weighted by Crippen LogP contribution is 2.33. The molecule has 3 aromatic rings. The first-order valence-corrected chi connectivity index (χ1v) is 8.33. The lowest BCUT2D eigenvalue weighted by Crippen LogP contribution is -2.08. The van der Waals surface area contributed by atoms with E-state index in [1.165, 1.54) is 6.07 Å². The first kappa shape index (κ1) is 20.3. The first-order valence-electron chi connectivity index (χ1n) is 8.33. The van der Waals surface area contributed by atoms with Crippen LogP contribution >= 0.6 is 0 Å². The van der Waals surface area contributed by atoms with Crippen molar-refractivity contribution in [3.8, 4) is 29.0 Å². The maximum atomic E-state index is 12.8. The Morgan fingerprint density at radius 2 is 1.86 bits per heavy atom. The molecular formula is C20H14F3N3O3. The van der Waals surface area contributed by atoms with Crippen molar-refractivity contribution in [2.75, 3.05) is 6.61 Å². The van der Waals surface area contributed by atoms with Crippen LogP contribution < -0.4 is 4.74 Å². The highest BCUT2D eigenvalue weighted by molar-refractivity contribution is 5.60. The molecule has 29 heavy (non-hydrogen) atoms. The molecule has 2 aromatic heterocycles. The third-order valence-corrected chi connectivity index (χ3v) is 3.96. The summed E-state index contributed by atoms with van der Waals surface area (Å²) in [4.78, 5) is 7.89. The van der Waals surface area contributed by atoms with Gasteiger partial charge >= 0.3 is 6.18 Å². The van der Waals surface area contributed by atoms with E-state index in [1.807, 2.05) is 0 Å². The Bertz CT molecular complexity index is 1050. The van der Waals surface area contributed by atoms with Crippen LogP contribution in [0.4, 0.5) is 13.2 Å². The fourth-order valence-electron chi connectivity index (χ4n) is 2.52. The number of benzene rings is 1. The number of aliphatic hydroxyl groups is 2. The van der Waals surface area contributed by atoms with Crippen molar-refractivity contribution in [3.63, 3.8) is 0 Å². The SMILES string of the molecule is N#Cc1cc(Oc2ccc(-c3cccc(C(O)CO)n3)cc2)ncc1C(F)(F)F. The van der Waals surface area contributed by atoms with Gasteiger partial charge in [0.1, 0.15) is 17.9 Å². The topological polar surface area (TPSA) is 99.3 Å². The molecule has 148 valence electrons. The van der Waals surface area contributed by atoms with E-state index in [4.69, 9.17) is 15.1 Å². The van der Waals surface area contributed by atoms with E-state index in [2.05, 4.69) is 9.97 Å². The lowest BCUT2D eigenvalue weighted by atomic mass is 10.1. The third kappa shape index (κ3) is 4.68. The molecule has 0 amide bonds. The Hall–Kier alpha value is -3.48. The van der Waals surface area contributed by atoms with Gasteiger partial charge in [-0.1, -0.05) is 6.07 Å². The minimum absolute atomic E-state index is 0.145. The molecule has 1 unspecified atom stereocenters. The van der Waals surface area contributed by atoms with Crippen molar-refractivity contribution >= 4 is 0 Å². The molecule has 0 radical (unpaired) electrons. The van der Waals surface area contributed by atoms with Crippen LogP contribution in [0.25, 0.3) is 11.3 Å². The second-order valence-electron chi connectivity index (χ2n) is 5.95. The van der Waals surface area contributed by atoms with Crippen molar-refractivity contribution in [2.24, 2.45) is 0 Å². The number of hydrogen-bond acceptors (Lipinski definition) is 6. The summed E-state index contributed by atoms with van der Waals surface area (Å²) in [5.41, 5.74) is -0.131. The molecule has 0 aliphatic heterocycles. The molecule has 0 saturated carbocycles. The maximum absolute atomic E-state index is 12.8. The van der Waals surface area contributed by atoms with Crippen LogP contribution in [0.3, 0.4) is 0 Å². The standard InChI is InChI=1S/C20H14F3N3O3/c21-20(22,23)15-10-25-19(8-13(15)9-24)29-14-6-4-12(5-7-14)16-2-1-3-17(26-16)18(28)11-27/h1-8,10,18,27-28H,11H2. The predicted molar refractivity (Wildman–Crippen MR) is 95.7 cm³/mol. The summed E-state index contributed by atoms with van der Waals surface area (Å²) < 4.78 is 43.9. The van der Waals surface area contributed by atoms with Gasteiger partial charge < -0.3 is 14.9 Å².